The van der Waals surface area contributed by atoms with Gasteiger partial charge >= 0.3 is 0 Å². The summed E-state index contributed by atoms with van der Waals surface area (Å²) in [7, 11) is 0. The summed E-state index contributed by atoms with van der Waals surface area (Å²) in [6.07, 6.45) is 2.04. The van der Waals surface area contributed by atoms with Crippen LogP contribution in [0.25, 0.3) is 0 Å². The Morgan fingerprint density at radius 2 is 2.29 bits per heavy atom. The summed E-state index contributed by atoms with van der Waals surface area (Å²) in [4.78, 5) is 11.6. The van der Waals surface area contributed by atoms with Gasteiger partial charge in [0.15, 0.2) is 5.75 Å². The highest BCUT2D eigenvalue weighted by Crippen LogP contribution is 2.31. The van der Waals surface area contributed by atoms with Gasteiger partial charge in [0, 0.05) is 12.5 Å². The Labute approximate surface area is 109 Å². The summed E-state index contributed by atoms with van der Waals surface area (Å²) in [5.41, 5.74) is 6.17. The summed E-state index contributed by atoms with van der Waals surface area (Å²) in [5, 5.41) is 12.3. The van der Waals surface area contributed by atoms with Crippen molar-refractivity contribution in [1.29, 1.82) is 0 Å². The molecule has 0 bridgehead atoms. The minimum absolute atomic E-state index is 0.0323. The Balaban J connectivity index is 2.59. The van der Waals surface area contributed by atoms with E-state index in [2.05, 4.69) is 21.2 Å². The highest BCUT2D eigenvalue weighted by atomic mass is 79.9. The molecule has 0 aliphatic heterocycles. The first-order valence-electron chi connectivity index (χ1n) is 5.57. The average molecular weight is 301 g/mol. The molecule has 4 N–H and O–H groups in total. The standard InChI is InChI=1S/C12H17BrN2O2/c1-2-4-8(14)7-11(16)15-10-6-3-5-9(13)12(10)17/h3,5-6,8,17H,2,4,7,14H2,1H3,(H,15,16). The van der Waals surface area contributed by atoms with E-state index in [-0.39, 0.29) is 24.1 Å². The number of nitrogens with two attached hydrogens (primary N) is 1. The van der Waals surface area contributed by atoms with Crippen LogP contribution in [0.1, 0.15) is 26.2 Å². The Morgan fingerprint density at radius 1 is 1.59 bits per heavy atom. The van der Waals surface area contributed by atoms with Crippen LogP contribution in [-0.2, 0) is 4.79 Å². The topological polar surface area (TPSA) is 75.4 Å². The van der Waals surface area contributed by atoms with Crippen molar-refractivity contribution >= 4 is 27.5 Å². The lowest BCUT2D eigenvalue weighted by molar-refractivity contribution is -0.116. The molecule has 0 aliphatic rings. The van der Waals surface area contributed by atoms with Gasteiger partial charge in [0.1, 0.15) is 0 Å². The quantitative estimate of drug-likeness (QED) is 0.732. The molecule has 0 aromatic heterocycles. The van der Waals surface area contributed by atoms with Gasteiger partial charge in [-0.2, -0.15) is 0 Å². The zero-order valence-corrected chi connectivity index (χ0v) is 11.3. The molecule has 0 fully saturated rings. The lowest BCUT2D eigenvalue weighted by Crippen LogP contribution is -2.26. The number of amides is 1. The summed E-state index contributed by atoms with van der Waals surface area (Å²) < 4.78 is 0.549. The lowest BCUT2D eigenvalue weighted by atomic mass is 10.1. The predicted octanol–water partition coefficient (Wildman–Crippen LogP) is 2.61. The van der Waals surface area contributed by atoms with E-state index in [9.17, 15) is 9.90 Å². The van der Waals surface area contributed by atoms with E-state index in [4.69, 9.17) is 5.73 Å². The monoisotopic (exact) mass is 300 g/mol. The third-order valence-electron chi connectivity index (χ3n) is 2.37. The van der Waals surface area contributed by atoms with Gasteiger partial charge in [-0.1, -0.05) is 19.4 Å². The second-order valence-corrected chi connectivity index (χ2v) is 4.79. The van der Waals surface area contributed by atoms with Gasteiger partial charge in [-0.05, 0) is 34.5 Å². The third kappa shape index (κ3) is 4.36. The maximum atomic E-state index is 11.6. The number of carbonyl (C=O) groups excluding carboxylic acids is 1. The molecule has 0 spiro atoms. The Hall–Kier alpha value is -1.07. The van der Waals surface area contributed by atoms with E-state index in [0.717, 1.165) is 12.8 Å². The number of nitrogens with one attached hydrogen (secondary N) is 1. The fraction of sp³-hybridized carbons (Fsp3) is 0.417. The third-order valence-corrected chi connectivity index (χ3v) is 3.01. The molecule has 0 radical (unpaired) electrons. The molecule has 5 heteroatoms. The zero-order chi connectivity index (χ0) is 12.8. The largest absolute Gasteiger partial charge is 0.505 e. The first-order valence-corrected chi connectivity index (χ1v) is 6.36. The normalized spacial score (nSPS) is 12.2. The Kier molecular flexibility index (Phi) is 5.44. The summed E-state index contributed by atoms with van der Waals surface area (Å²) in [6.45, 7) is 2.03. The highest BCUT2D eigenvalue weighted by Gasteiger charge is 2.11. The van der Waals surface area contributed by atoms with Crippen LogP contribution in [0.5, 0.6) is 5.75 Å². The summed E-state index contributed by atoms with van der Waals surface area (Å²) in [6, 6.07) is 4.96. The lowest BCUT2D eigenvalue weighted by Gasteiger charge is -2.11. The Bertz CT molecular complexity index is 396. The van der Waals surface area contributed by atoms with Gasteiger partial charge in [0.05, 0.1) is 10.2 Å². The van der Waals surface area contributed by atoms with Crippen molar-refractivity contribution in [1.82, 2.24) is 0 Å². The number of phenolic OH excluding ortho intramolecular Hbond substituents is 1. The van der Waals surface area contributed by atoms with Gasteiger partial charge in [0.2, 0.25) is 5.91 Å². The number of para-hydroxylation sites is 1. The van der Waals surface area contributed by atoms with E-state index in [1.54, 1.807) is 18.2 Å². The van der Waals surface area contributed by atoms with Crippen LogP contribution in [0.3, 0.4) is 0 Å². The minimum atomic E-state index is -0.181. The van der Waals surface area contributed by atoms with Gasteiger partial charge in [-0.3, -0.25) is 4.79 Å². The number of hydrogen-bond acceptors (Lipinski definition) is 3. The average Bonchev–Trinajstić information content (AvgIpc) is 2.25. The van der Waals surface area contributed by atoms with E-state index in [1.807, 2.05) is 6.92 Å². The molecule has 1 aromatic rings. The fourth-order valence-electron chi connectivity index (χ4n) is 1.53. The SMILES string of the molecule is CCCC(N)CC(=O)Nc1cccc(Br)c1O. The number of aromatic hydroxyl groups is 1. The molecule has 4 nitrogen and oxygen atoms in total. The number of carbonyl (C=O) groups is 1. The molecular weight excluding hydrogens is 284 g/mol. The highest BCUT2D eigenvalue weighted by molar-refractivity contribution is 9.10. The van der Waals surface area contributed by atoms with E-state index < -0.39 is 0 Å². The first kappa shape index (κ1) is 14.0. The minimum Gasteiger partial charge on any atom is -0.505 e. The summed E-state index contributed by atoms with van der Waals surface area (Å²) in [5.74, 6) is -0.149. The van der Waals surface area contributed by atoms with Crippen LogP contribution in [0.2, 0.25) is 0 Å². The number of halogens is 1. The van der Waals surface area contributed by atoms with Crippen molar-refractivity contribution in [2.24, 2.45) is 5.73 Å². The van der Waals surface area contributed by atoms with Crippen LogP contribution in [0.4, 0.5) is 5.69 Å². The van der Waals surface area contributed by atoms with Gasteiger partial charge in [0.25, 0.3) is 0 Å². The molecule has 94 valence electrons. The fourth-order valence-corrected chi connectivity index (χ4v) is 1.89. The molecule has 0 aliphatic carbocycles. The second kappa shape index (κ2) is 6.61. The molecule has 0 saturated carbocycles. The number of anilines is 1. The van der Waals surface area contributed by atoms with Crippen LogP contribution in [-0.4, -0.2) is 17.1 Å². The van der Waals surface area contributed by atoms with E-state index in [1.165, 1.54) is 0 Å². The molecule has 17 heavy (non-hydrogen) atoms. The van der Waals surface area contributed by atoms with Gasteiger partial charge in [-0.15, -0.1) is 0 Å². The molecule has 0 heterocycles. The van der Waals surface area contributed by atoms with Crippen LogP contribution in [0.15, 0.2) is 22.7 Å². The van der Waals surface area contributed by atoms with Gasteiger partial charge in [-0.25, -0.2) is 0 Å². The molecule has 1 atom stereocenters. The second-order valence-electron chi connectivity index (χ2n) is 3.94. The Morgan fingerprint density at radius 3 is 2.94 bits per heavy atom. The van der Waals surface area contributed by atoms with Crippen molar-refractivity contribution < 1.29 is 9.90 Å². The van der Waals surface area contributed by atoms with Crippen molar-refractivity contribution in [3.8, 4) is 5.75 Å². The maximum Gasteiger partial charge on any atom is 0.226 e. The molecule has 1 aromatic carbocycles. The summed E-state index contributed by atoms with van der Waals surface area (Å²) >= 11 is 3.19. The number of rotatable bonds is 5. The smallest absolute Gasteiger partial charge is 0.226 e. The van der Waals surface area contributed by atoms with Crippen molar-refractivity contribution in [3.63, 3.8) is 0 Å². The van der Waals surface area contributed by atoms with E-state index >= 15 is 0 Å². The number of phenols is 1. The molecule has 1 rings (SSSR count). The molecule has 1 unspecified atom stereocenters. The predicted molar refractivity (Wildman–Crippen MR) is 71.9 cm³/mol. The number of hydrogen-bond donors (Lipinski definition) is 3. The first-order chi connectivity index (χ1) is 8.04. The van der Waals surface area contributed by atoms with Crippen molar-refractivity contribution in [2.45, 2.75) is 32.2 Å². The van der Waals surface area contributed by atoms with Crippen LogP contribution < -0.4 is 11.1 Å². The molecule has 0 saturated heterocycles. The van der Waals surface area contributed by atoms with Crippen molar-refractivity contribution in [2.75, 3.05) is 5.32 Å². The number of benzene rings is 1. The molecular formula is C12H17BrN2O2. The van der Waals surface area contributed by atoms with Crippen LogP contribution >= 0.6 is 15.9 Å². The maximum absolute atomic E-state index is 11.6. The van der Waals surface area contributed by atoms with Crippen molar-refractivity contribution in [3.05, 3.63) is 22.7 Å². The van der Waals surface area contributed by atoms with Crippen LogP contribution in [0, 0.1) is 0 Å². The van der Waals surface area contributed by atoms with E-state index in [0.29, 0.717) is 10.2 Å². The zero-order valence-electron chi connectivity index (χ0n) is 9.74. The molecule has 1 amide bonds. The van der Waals surface area contributed by atoms with Gasteiger partial charge < -0.3 is 16.2 Å².